The number of rotatable bonds is 12. The van der Waals surface area contributed by atoms with Crippen molar-refractivity contribution >= 4 is 45.7 Å². The first-order chi connectivity index (χ1) is 24.9. The summed E-state index contributed by atoms with van der Waals surface area (Å²) in [5.74, 6) is -1.23. The Hall–Kier alpha value is -5.64. The van der Waals surface area contributed by atoms with Gasteiger partial charge in [0.1, 0.15) is 23.2 Å². The Bertz CT molecular complexity index is 2340. The van der Waals surface area contributed by atoms with Crippen molar-refractivity contribution in [3.8, 4) is 22.7 Å². The van der Waals surface area contributed by atoms with Gasteiger partial charge in [0.15, 0.2) is 5.82 Å². The van der Waals surface area contributed by atoms with Gasteiger partial charge in [-0.05, 0) is 53.9 Å². The highest BCUT2D eigenvalue weighted by Gasteiger charge is 2.28. The first kappa shape index (κ1) is 36.2. The van der Waals surface area contributed by atoms with Crippen molar-refractivity contribution in [2.45, 2.75) is 18.9 Å². The Morgan fingerprint density at radius 2 is 1.73 bits per heavy atom. The topological polar surface area (TPSA) is 155 Å². The number of benzene rings is 4. The molecule has 6 aromatic rings. The largest absolute Gasteiger partial charge is 0.755 e. The molecule has 4 aromatic carbocycles. The number of halogens is 3. The molecule has 2 heterocycles. The normalized spacial score (nSPS) is 12.4. The minimum Gasteiger partial charge on any atom is -0.755 e. The van der Waals surface area contributed by atoms with Crippen LogP contribution < -0.4 is 19.9 Å². The van der Waals surface area contributed by atoms with Crippen molar-refractivity contribution in [2.24, 2.45) is 7.05 Å². The van der Waals surface area contributed by atoms with E-state index in [0.29, 0.717) is 23.8 Å². The molecule has 0 spiro atoms. The van der Waals surface area contributed by atoms with Crippen molar-refractivity contribution in [3.63, 3.8) is 0 Å². The van der Waals surface area contributed by atoms with Crippen LogP contribution >= 0.6 is 11.6 Å². The van der Waals surface area contributed by atoms with Crippen molar-refractivity contribution in [2.75, 3.05) is 18.0 Å². The lowest BCUT2D eigenvalue weighted by atomic mass is 10.0. The van der Waals surface area contributed by atoms with E-state index in [0.717, 1.165) is 26.6 Å². The maximum Gasteiger partial charge on any atom is 0.405 e. The molecule has 12 nitrogen and oxygen atoms in total. The molecule has 2 atom stereocenters. The monoisotopic (exact) mass is 747 g/mol. The van der Waals surface area contributed by atoms with Crippen molar-refractivity contribution in [1.82, 2.24) is 24.6 Å². The third-order valence-corrected chi connectivity index (χ3v) is 9.33. The molecule has 2 N–H and O–H groups in total. The van der Waals surface area contributed by atoms with Crippen LogP contribution in [0.15, 0.2) is 95.8 Å². The Balaban J connectivity index is 1.54. The lowest BCUT2D eigenvalue weighted by Gasteiger charge is -2.25. The predicted octanol–water partition coefficient (Wildman–Crippen LogP) is 6.12. The number of aryl methyl sites for hydroxylation is 1. The molecular weight excluding hydrogens is 718 g/mol. The van der Waals surface area contributed by atoms with Gasteiger partial charge in [-0.2, -0.15) is 5.10 Å². The molecule has 0 aliphatic rings. The zero-order valence-electron chi connectivity index (χ0n) is 27.6. The van der Waals surface area contributed by atoms with E-state index in [-0.39, 0.29) is 57.5 Å². The number of ether oxygens (including phenoxy) is 1. The Morgan fingerprint density at radius 1 is 1.04 bits per heavy atom. The van der Waals surface area contributed by atoms with Crippen LogP contribution in [0.1, 0.15) is 23.0 Å². The van der Waals surface area contributed by atoms with Crippen LogP contribution in [0, 0.1) is 11.6 Å². The molecule has 1 amide bonds. The van der Waals surface area contributed by atoms with Crippen LogP contribution in [0.4, 0.5) is 19.4 Å². The summed E-state index contributed by atoms with van der Waals surface area (Å²) in [6.07, 6.45) is -1.47. The smallest absolute Gasteiger partial charge is 0.405 e. The van der Waals surface area contributed by atoms with Gasteiger partial charge in [-0.3, -0.25) is 22.6 Å². The summed E-state index contributed by atoms with van der Waals surface area (Å²) in [5.41, 5.74) is 1.42. The first-order valence-corrected chi connectivity index (χ1v) is 17.1. The van der Waals surface area contributed by atoms with E-state index in [4.69, 9.17) is 21.3 Å². The van der Waals surface area contributed by atoms with Gasteiger partial charge in [-0.15, -0.1) is 0 Å². The summed E-state index contributed by atoms with van der Waals surface area (Å²) in [6.45, 7) is -0.0115. The molecule has 0 fully saturated rings. The minimum atomic E-state index is -2.80. The number of hydrogen-bond donors (Lipinski definition) is 2. The number of hydrogen-bond acceptors (Lipinski definition) is 7. The quantitative estimate of drug-likeness (QED) is 0.142. The molecule has 2 unspecified atom stereocenters. The van der Waals surface area contributed by atoms with E-state index in [9.17, 15) is 32.2 Å². The number of nitrogens with zero attached hydrogens (tertiary/aromatic N) is 5. The highest BCUT2D eigenvalue weighted by molar-refractivity contribution is 7.80. The lowest BCUT2D eigenvalue weighted by Crippen LogP contribution is -2.35. The van der Waals surface area contributed by atoms with Gasteiger partial charge >= 0.3 is 6.09 Å². The molecule has 0 aliphatic heterocycles. The lowest BCUT2D eigenvalue weighted by molar-refractivity contribution is 0.189. The Kier molecular flexibility index (Phi) is 10.6. The molecule has 16 heteroatoms. The third kappa shape index (κ3) is 7.66. The number of carboxylic acid groups (broad SMARTS) is 1. The van der Waals surface area contributed by atoms with E-state index >= 15 is 0 Å². The average molecular weight is 748 g/mol. The second kappa shape index (κ2) is 15.3. The molecular formula is C36H30ClF2N6O6S-. The predicted molar refractivity (Wildman–Crippen MR) is 191 cm³/mol. The number of carbonyl (C=O) groups is 1. The summed E-state index contributed by atoms with van der Waals surface area (Å²) in [4.78, 5) is 31.1. The average Bonchev–Trinajstić information content (AvgIpc) is 3.45. The standard InChI is InChI=1S/C36H31ClF2N6O6S/c1-43-33-30(13-12-27(37)32(33)35(42-43)44(52(49)50)15-14-21-8-10-26(51-2)11-9-21)45-31(46)20-28(23-6-4-3-5-7-23)40-34(45)29(41-36(47)48)18-22-16-24(38)19-25(39)17-22/h3-13,16-17,19-20,29,41H,14-15,18H2,1-2H3,(H,47,48)(H,49,50)/p-1. The van der Waals surface area contributed by atoms with Crippen LogP contribution in [0.2, 0.25) is 5.02 Å². The number of anilines is 1. The van der Waals surface area contributed by atoms with Crippen molar-refractivity contribution < 1.29 is 32.2 Å². The number of nitrogens with one attached hydrogen (secondary N) is 1. The molecule has 0 bridgehead atoms. The fourth-order valence-electron chi connectivity index (χ4n) is 6.02. The van der Waals surface area contributed by atoms with Crippen LogP contribution in [0.25, 0.3) is 27.8 Å². The molecule has 2 aromatic heterocycles. The fourth-order valence-corrected chi connectivity index (χ4v) is 6.77. The van der Waals surface area contributed by atoms with E-state index in [1.165, 1.54) is 22.9 Å². The molecule has 6 rings (SSSR count). The molecule has 0 radical (unpaired) electrons. The summed E-state index contributed by atoms with van der Waals surface area (Å²) >= 11 is 3.93. The second-order valence-corrected chi connectivity index (χ2v) is 13.0. The van der Waals surface area contributed by atoms with E-state index in [1.807, 2.05) is 12.1 Å². The van der Waals surface area contributed by atoms with Crippen molar-refractivity contribution in [3.05, 3.63) is 135 Å². The van der Waals surface area contributed by atoms with Gasteiger partial charge in [-0.1, -0.05) is 54.1 Å². The zero-order valence-corrected chi connectivity index (χ0v) is 29.2. The number of methoxy groups -OCH3 is 1. The summed E-state index contributed by atoms with van der Waals surface area (Å²) in [7, 11) is 3.08. The zero-order chi connectivity index (χ0) is 37.1. The molecule has 0 saturated heterocycles. The number of amides is 1. The van der Waals surface area contributed by atoms with Gasteiger partial charge in [0.25, 0.3) is 5.56 Å². The van der Waals surface area contributed by atoms with E-state index in [2.05, 4.69) is 10.4 Å². The Morgan fingerprint density at radius 3 is 2.37 bits per heavy atom. The molecule has 52 heavy (non-hydrogen) atoms. The maximum atomic E-state index is 14.3. The SMILES string of the molecule is COc1ccc(CCN(c2nn(C)c3c(-n4c(C(Cc5cc(F)cc(F)c5)NC(=O)O)nc(-c5ccccc5)cc4=O)ccc(Cl)c23)S(=O)[O-])cc1. The van der Waals surface area contributed by atoms with Gasteiger partial charge in [0.05, 0.1) is 40.5 Å². The summed E-state index contributed by atoms with van der Waals surface area (Å²) in [6, 6.07) is 21.6. The van der Waals surface area contributed by atoms with Gasteiger partial charge in [-0.25, -0.2) is 18.6 Å². The second-order valence-electron chi connectivity index (χ2n) is 11.7. The molecule has 268 valence electrons. The molecule has 0 saturated carbocycles. The van der Waals surface area contributed by atoms with Crippen LogP contribution in [0.3, 0.4) is 0 Å². The highest BCUT2D eigenvalue weighted by atomic mass is 35.5. The van der Waals surface area contributed by atoms with Crippen LogP contribution in [-0.2, 0) is 31.2 Å². The maximum absolute atomic E-state index is 14.3. The number of aromatic nitrogens is 4. The summed E-state index contributed by atoms with van der Waals surface area (Å²) in [5, 5.41) is 17.1. The Labute approximate surface area is 303 Å². The van der Waals surface area contributed by atoms with Crippen molar-refractivity contribution in [1.29, 1.82) is 0 Å². The van der Waals surface area contributed by atoms with Gasteiger partial charge in [0, 0.05) is 49.0 Å². The highest BCUT2D eigenvalue weighted by Crippen LogP contribution is 2.37. The van der Waals surface area contributed by atoms with Crippen LogP contribution in [0.5, 0.6) is 5.75 Å². The fraction of sp³-hybridized carbons (Fsp3) is 0.167. The molecule has 0 aliphatic carbocycles. The third-order valence-electron chi connectivity index (χ3n) is 8.30. The van der Waals surface area contributed by atoms with E-state index < -0.39 is 40.6 Å². The van der Waals surface area contributed by atoms with Gasteiger partial charge in [0.2, 0.25) is 0 Å². The first-order valence-electron chi connectivity index (χ1n) is 15.7. The number of fused-ring (bicyclic) bond motifs is 1. The summed E-state index contributed by atoms with van der Waals surface area (Å²) < 4.78 is 62.7. The van der Waals surface area contributed by atoms with Crippen LogP contribution in [-0.4, -0.2) is 52.9 Å². The minimum absolute atomic E-state index is 0.00916. The van der Waals surface area contributed by atoms with E-state index in [1.54, 1.807) is 56.6 Å². The van der Waals surface area contributed by atoms with Gasteiger partial charge < -0.3 is 19.7 Å².